The molecular weight excluding hydrogens is 538 g/mol. The van der Waals surface area contributed by atoms with E-state index in [0.717, 1.165) is 44.9 Å². The summed E-state index contributed by atoms with van der Waals surface area (Å²) in [6, 6.07) is -0.999. The molecule has 0 aliphatic carbocycles. The molecule has 0 aromatic carbocycles. The molecule has 0 fully saturated rings. The highest BCUT2D eigenvalue weighted by Gasteiger charge is 2.28. The number of nitrogens with one attached hydrogen (secondary N) is 1. The van der Waals surface area contributed by atoms with Crippen LogP contribution < -0.4 is 5.32 Å². The van der Waals surface area contributed by atoms with Crippen molar-refractivity contribution in [1.82, 2.24) is 5.32 Å². The molecule has 6 heteroatoms. The third-order valence-electron chi connectivity index (χ3n) is 8.37. The second-order valence-corrected chi connectivity index (χ2v) is 12.6. The van der Waals surface area contributed by atoms with Gasteiger partial charge in [-0.2, -0.15) is 0 Å². The lowest BCUT2D eigenvalue weighted by atomic mass is 10.00. The van der Waals surface area contributed by atoms with Crippen LogP contribution >= 0.6 is 0 Å². The predicted octanol–water partition coefficient (Wildman–Crippen LogP) is 8.45. The number of aliphatic hydroxyl groups excluding tert-OH is 4. The van der Waals surface area contributed by atoms with Crippen LogP contribution in [0.25, 0.3) is 0 Å². The minimum Gasteiger partial charge on any atom is -0.394 e. The lowest BCUT2D eigenvalue weighted by Gasteiger charge is -2.27. The van der Waals surface area contributed by atoms with Gasteiger partial charge in [0.05, 0.1) is 18.8 Å². The van der Waals surface area contributed by atoms with E-state index in [0.29, 0.717) is 19.3 Å². The van der Waals surface area contributed by atoms with Crippen LogP contribution in [0.4, 0.5) is 0 Å². The fraction of sp³-hybridized carbons (Fsp3) is 0.865. The summed E-state index contributed by atoms with van der Waals surface area (Å²) >= 11 is 0. The third kappa shape index (κ3) is 26.9. The molecule has 4 unspecified atom stereocenters. The zero-order valence-electron chi connectivity index (χ0n) is 28.2. The van der Waals surface area contributed by atoms with Crippen molar-refractivity contribution in [3.63, 3.8) is 0 Å². The monoisotopic (exact) mass is 610 g/mol. The van der Waals surface area contributed by atoms with Crippen molar-refractivity contribution in [3.05, 3.63) is 24.3 Å². The lowest BCUT2D eigenvalue weighted by Crippen LogP contribution is -2.53. The zero-order valence-corrected chi connectivity index (χ0v) is 28.2. The number of carbonyl (C=O) groups excluding carboxylic acids is 1. The Morgan fingerprint density at radius 1 is 0.558 bits per heavy atom. The highest BCUT2D eigenvalue weighted by atomic mass is 16.3. The number of unbranched alkanes of at least 4 members (excludes halogenated alkanes) is 19. The van der Waals surface area contributed by atoms with Gasteiger partial charge in [0.2, 0.25) is 5.91 Å². The Balaban J connectivity index is 3.71. The maximum atomic E-state index is 12.4. The molecule has 0 radical (unpaired) electrons. The van der Waals surface area contributed by atoms with Gasteiger partial charge in [0, 0.05) is 0 Å². The van der Waals surface area contributed by atoms with Gasteiger partial charge >= 0.3 is 0 Å². The smallest absolute Gasteiger partial charge is 0.249 e. The molecule has 0 saturated heterocycles. The van der Waals surface area contributed by atoms with Gasteiger partial charge in [0.25, 0.3) is 0 Å². The minimum atomic E-state index is -1.28. The van der Waals surface area contributed by atoms with Crippen molar-refractivity contribution in [2.24, 2.45) is 0 Å². The SMILES string of the molecule is CCC/C=C/CCCC(O)C(O)C(CO)NC(=O)C(O)CCCCCCCC/C=C\CCCCCCCCCCCCC. The van der Waals surface area contributed by atoms with Crippen molar-refractivity contribution in [1.29, 1.82) is 0 Å². The molecule has 0 saturated carbocycles. The average Bonchev–Trinajstić information content (AvgIpc) is 3.01. The second-order valence-electron chi connectivity index (χ2n) is 12.6. The Kier molecular flexibility index (Phi) is 31.3. The molecule has 5 N–H and O–H groups in total. The molecular formula is C37H71NO5. The standard InChI is InChI=1S/C37H71NO5/c1-3-5-7-9-11-12-13-14-15-16-17-18-19-20-21-22-23-24-25-27-29-31-35(41)37(43)38-33(32-39)36(42)34(40)30-28-26-10-8-6-4-2/h8,10,19-20,33-36,39-42H,3-7,9,11-18,21-32H2,1-2H3,(H,38,43)/b10-8+,20-19-. The van der Waals surface area contributed by atoms with Crippen LogP contribution in [-0.4, -0.2) is 57.3 Å². The fourth-order valence-corrected chi connectivity index (χ4v) is 5.40. The van der Waals surface area contributed by atoms with Gasteiger partial charge in [-0.3, -0.25) is 4.79 Å². The molecule has 0 spiro atoms. The topological polar surface area (TPSA) is 110 Å². The van der Waals surface area contributed by atoms with Gasteiger partial charge in [0.15, 0.2) is 0 Å². The van der Waals surface area contributed by atoms with Gasteiger partial charge in [-0.05, 0) is 57.8 Å². The third-order valence-corrected chi connectivity index (χ3v) is 8.37. The summed E-state index contributed by atoms with van der Waals surface area (Å²) in [4.78, 5) is 12.4. The van der Waals surface area contributed by atoms with E-state index in [1.807, 2.05) is 0 Å². The predicted molar refractivity (Wildman–Crippen MR) is 182 cm³/mol. The first kappa shape index (κ1) is 41.8. The molecule has 1 amide bonds. The van der Waals surface area contributed by atoms with E-state index in [9.17, 15) is 25.2 Å². The Morgan fingerprint density at radius 3 is 1.49 bits per heavy atom. The lowest BCUT2D eigenvalue weighted by molar-refractivity contribution is -0.132. The number of allylic oxidation sites excluding steroid dienone is 4. The maximum Gasteiger partial charge on any atom is 0.249 e. The molecule has 0 aliphatic heterocycles. The van der Waals surface area contributed by atoms with Crippen LogP contribution in [0.3, 0.4) is 0 Å². The van der Waals surface area contributed by atoms with Crippen molar-refractivity contribution in [2.75, 3.05) is 6.61 Å². The molecule has 0 bridgehead atoms. The van der Waals surface area contributed by atoms with E-state index in [1.54, 1.807) is 0 Å². The highest BCUT2D eigenvalue weighted by Crippen LogP contribution is 2.14. The van der Waals surface area contributed by atoms with Crippen LogP contribution in [0, 0.1) is 0 Å². The Labute approximate surface area is 265 Å². The normalized spacial score (nSPS) is 14.8. The van der Waals surface area contributed by atoms with Crippen LogP contribution in [0.5, 0.6) is 0 Å². The van der Waals surface area contributed by atoms with Gasteiger partial charge < -0.3 is 25.7 Å². The summed E-state index contributed by atoms with van der Waals surface area (Å²) in [5, 5.41) is 43.0. The molecule has 0 heterocycles. The van der Waals surface area contributed by atoms with Crippen molar-refractivity contribution < 1.29 is 25.2 Å². The van der Waals surface area contributed by atoms with Crippen LogP contribution in [0.2, 0.25) is 0 Å². The highest BCUT2D eigenvalue weighted by molar-refractivity contribution is 5.80. The maximum absolute atomic E-state index is 12.4. The molecule has 6 nitrogen and oxygen atoms in total. The van der Waals surface area contributed by atoms with E-state index in [1.165, 1.54) is 96.3 Å². The number of rotatable bonds is 32. The van der Waals surface area contributed by atoms with E-state index in [4.69, 9.17) is 0 Å². The first-order chi connectivity index (χ1) is 21.0. The summed E-state index contributed by atoms with van der Waals surface area (Å²) in [6.45, 7) is 3.89. The van der Waals surface area contributed by atoms with Crippen molar-refractivity contribution in [2.45, 2.75) is 199 Å². The quantitative estimate of drug-likeness (QED) is 0.0388. The summed E-state index contributed by atoms with van der Waals surface area (Å²) in [7, 11) is 0. The van der Waals surface area contributed by atoms with E-state index < -0.39 is 36.9 Å². The van der Waals surface area contributed by atoms with Crippen molar-refractivity contribution in [3.8, 4) is 0 Å². The van der Waals surface area contributed by atoms with Gasteiger partial charge in [-0.25, -0.2) is 0 Å². The molecule has 4 atom stereocenters. The summed E-state index contributed by atoms with van der Waals surface area (Å²) < 4.78 is 0. The van der Waals surface area contributed by atoms with Gasteiger partial charge in [-0.15, -0.1) is 0 Å². The van der Waals surface area contributed by atoms with Crippen LogP contribution in [0.15, 0.2) is 24.3 Å². The van der Waals surface area contributed by atoms with Crippen LogP contribution in [0.1, 0.15) is 174 Å². The number of aliphatic hydroxyl groups is 4. The second kappa shape index (κ2) is 32.2. The molecule has 43 heavy (non-hydrogen) atoms. The van der Waals surface area contributed by atoms with Crippen LogP contribution in [-0.2, 0) is 4.79 Å². The average molecular weight is 610 g/mol. The zero-order chi connectivity index (χ0) is 31.8. The van der Waals surface area contributed by atoms with Gasteiger partial charge in [-0.1, -0.05) is 141 Å². The van der Waals surface area contributed by atoms with Crippen molar-refractivity contribution >= 4 is 5.91 Å². The Bertz CT molecular complexity index is 653. The van der Waals surface area contributed by atoms with E-state index in [-0.39, 0.29) is 0 Å². The minimum absolute atomic E-state index is 0.356. The Hall–Kier alpha value is -1.21. The summed E-state index contributed by atoms with van der Waals surface area (Å²) in [6.07, 6.45) is 33.9. The molecule has 0 aliphatic rings. The number of carbonyl (C=O) groups is 1. The number of hydrogen-bond acceptors (Lipinski definition) is 5. The van der Waals surface area contributed by atoms with Gasteiger partial charge in [0.1, 0.15) is 12.2 Å². The van der Waals surface area contributed by atoms with E-state index >= 15 is 0 Å². The largest absolute Gasteiger partial charge is 0.394 e. The molecule has 0 aromatic heterocycles. The molecule has 0 aromatic rings. The number of amides is 1. The summed E-state index contributed by atoms with van der Waals surface area (Å²) in [5.74, 6) is -0.604. The number of hydrogen-bond donors (Lipinski definition) is 5. The molecule has 0 rings (SSSR count). The Morgan fingerprint density at radius 2 is 1.00 bits per heavy atom. The first-order valence-corrected chi connectivity index (χ1v) is 18.2. The fourth-order valence-electron chi connectivity index (χ4n) is 5.40. The molecule has 254 valence electrons. The van der Waals surface area contributed by atoms with E-state index in [2.05, 4.69) is 43.5 Å². The first-order valence-electron chi connectivity index (χ1n) is 18.2. The summed E-state index contributed by atoms with van der Waals surface area (Å²) in [5.41, 5.74) is 0.